The summed E-state index contributed by atoms with van der Waals surface area (Å²) >= 11 is 0. The fourth-order valence-corrected chi connectivity index (χ4v) is 3.99. The van der Waals surface area contributed by atoms with E-state index in [4.69, 9.17) is 0 Å². The number of likely N-dealkylation sites (tertiary alicyclic amines) is 1. The van der Waals surface area contributed by atoms with Crippen molar-refractivity contribution in [2.24, 2.45) is 5.92 Å². The van der Waals surface area contributed by atoms with Crippen molar-refractivity contribution in [2.45, 2.75) is 31.4 Å². The first kappa shape index (κ1) is 18.1. The molecule has 6 nitrogen and oxygen atoms in total. The highest BCUT2D eigenvalue weighted by Crippen LogP contribution is 2.30. The van der Waals surface area contributed by atoms with E-state index in [0.717, 1.165) is 31.4 Å². The van der Waals surface area contributed by atoms with Crippen molar-refractivity contribution in [2.75, 3.05) is 19.6 Å². The highest BCUT2D eigenvalue weighted by Gasteiger charge is 2.29. The maximum absolute atomic E-state index is 12.8. The molecule has 3 N–H and O–H groups in total. The van der Waals surface area contributed by atoms with Gasteiger partial charge in [0.1, 0.15) is 0 Å². The number of benzene rings is 1. The molecule has 0 saturated carbocycles. The Labute approximate surface area is 159 Å². The summed E-state index contributed by atoms with van der Waals surface area (Å²) in [6.45, 7) is 2.30. The summed E-state index contributed by atoms with van der Waals surface area (Å²) in [4.78, 5) is 19.0. The molecule has 1 aromatic carbocycles. The predicted octanol–water partition coefficient (Wildman–Crippen LogP) is 2.21. The third-order valence-corrected chi connectivity index (χ3v) is 5.66. The molecule has 2 aliphatic heterocycles. The molecule has 2 aromatic rings. The van der Waals surface area contributed by atoms with E-state index in [1.165, 1.54) is 5.56 Å². The van der Waals surface area contributed by atoms with Crippen molar-refractivity contribution >= 4 is 5.91 Å². The zero-order chi connectivity index (χ0) is 18.6. The fraction of sp³-hybridized carbons (Fsp3) is 0.429. The zero-order valence-corrected chi connectivity index (χ0v) is 15.3. The summed E-state index contributed by atoms with van der Waals surface area (Å²) < 4.78 is 0. The van der Waals surface area contributed by atoms with Crippen molar-refractivity contribution in [3.63, 3.8) is 0 Å². The van der Waals surface area contributed by atoms with E-state index >= 15 is 0 Å². The van der Waals surface area contributed by atoms with Gasteiger partial charge >= 0.3 is 0 Å². The van der Waals surface area contributed by atoms with E-state index < -0.39 is 6.10 Å². The van der Waals surface area contributed by atoms with Gasteiger partial charge in [-0.2, -0.15) is 0 Å². The molecule has 0 spiro atoms. The average molecular weight is 366 g/mol. The molecule has 2 fully saturated rings. The molecule has 6 heteroatoms. The van der Waals surface area contributed by atoms with Gasteiger partial charge in [-0.1, -0.05) is 18.2 Å². The van der Waals surface area contributed by atoms with Crippen molar-refractivity contribution < 1.29 is 9.90 Å². The van der Waals surface area contributed by atoms with E-state index in [0.29, 0.717) is 24.8 Å². The van der Waals surface area contributed by atoms with Crippen molar-refractivity contribution in [3.8, 4) is 0 Å². The fourth-order valence-electron chi connectivity index (χ4n) is 3.99. The second-order valence-corrected chi connectivity index (χ2v) is 7.36. The summed E-state index contributed by atoms with van der Waals surface area (Å²) in [5.41, 5.74) is 9.02. The first-order valence-electron chi connectivity index (χ1n) is 9.69. The number of nitrogens with one attached hydrogen (secondary N) is 2. The van der Waals surface area contributed by atoms with Crippen LogP contribution >= 0.6 is 0 Å². The lowest BCUT2D eigenvalue weighted by Gasteiger charge is -2.34. The Bertz CT molecular complexity index is 752. The molecular formula is C21H26N4O2. The highest BCUT2D eigenvalue weighted by atomic mass is 16.3. The molecule has 27 heavy (non-hydrogen) atoms. The van der Waals surface area contributed by atoms with Gasteiger partial charge in [-0.3, -0.25) is 20.6 Å². The van der Waals surface area contributed by atoms with Gasteiger partial charge in [-0.25, -0.2) is 0 Å². The molecule has 142 valence electrons. The van der Waals surface area contributed by atoms with E-state index in [1.807, 2.05) is 47.4 Å². The van der Waals surface area contributed by atoms with Gasteiger partial charge in [-0.05, 0) is 55.0 Å². The second kappa shape index (κ2) is 8.17. The highest BCUT2D eigenvalue weighted by molar-refractivity contribution is 5.94. The molecule has 2 saturated heterocycles. The number of pyridine rings is 1. The summed E-state index contributed by atoms with van der Waals surface area (Å²) in [5, 5.41) is 10.5. The first-order chi connectivity index (χ1) is 13.2. The molecule has 2 aliphatic rings. The largest absolute Gasteiger partial charge is 0.387 e. The lowest BCUT2D eigenvalue weighted by atomic mass is 9.89. The minimum Gasteiger partial charge on any atom is -0.387 e. The number of nitrogens with zero attached hydrogens (tertiary/aromatic N) is 2. The SMILES string of the molecule is O=C(c1ccc(C2CCNN2)cc1)N1CCC(C(O)c2ccccn2)CC1. The molecular weight excluding hydrogens is 340 g/mol. The van der Waals surface area contributed by atoms with Gasteiger partial charge in [0, 0.05) is 37.4 Å². The number of hydrogen-bond acceptors (Lipinski definition) is 5. The van der Waals surface area contributed by atoms with Crippen LogP contribution in [0.5, 0.6) is 0 Å². The second-order valence-electron chi connectivity index (χ2n) is 7.36. The van der Waals surface area contributed by atoms with Gasteiger partial charge in [0.25, 0.3) is 5.91 Å². The molecule has 2 unspecified atom stereocenters. The normalized spacial score (nSPS) is 22.0. The maximum Gasteiger partial charge on any atom is 0.253 e. The number of hydrazine groups is 1. The average Bonchev–Trinajstić information content (AvgIpc) is 3.28. The quantitative estimate of drug-likeness (QED) is 0.773. The van der Waals surface area contributed by atoms with Crippen LogP contribution in [-0.4, -0.2) is 40.5 Å². The number of piperidine rings is 1. The maximum atomic E-state index is 12.8. The number of carbonyl (C=O) groups is 1. The topological polar surface area (TPSA) is 77.5 Å². The summed E-state index contributed by atoms with van der Waals surface area (Å²) in [7, 11) is 0. The van der Waals surface area contributed by atoms with E-state index in [2.05, 4.69) is 15.8 Å². The number of aliphatic hydroxyl groups excluding tert-OH is 1. The Morgan fingerprint density at radius 3 is 2.52 bits per heavy atom. The Morgan fingerprint density at radius 1 is 1.11 bits per heavy atom. The molecule has 1 amide bonds. The van der Waals surface area contributed by atoms with Gasteiger partial charge < -0.3 is 10.0 Å². The van der Waals surface area contributed by atoms with Crippen LogP contribution < -0.4 is 10.9 Å². The minimum absolute atomic E-state index is 0.0739. The van der Waals surface area contributed by atoms with Crippen LogP contribution in [0.4, 0.5) is 0 Å². The summed E-state index contributed by atoms with van der Waals surface area (Å²) in [6.07, 6.45) is 3.78. The summed E-state index contributed by atoms with van der Waals surface area (Å²) in [5.74, 6) is 0.220. The molecule has 0 aliphatic carbocycles. The van der Waals surface area contributed by atoms with Crippen LogP contribution in [0, 0.1) is 5.92 Å². The Balaban J connectivity index is 1.34. The minimum atomic E-state index is -0.560. The number of amides is 1. The van der Waals surface area contributed by atoms with Crippen LogP contribution in [0.25, 0.3) is 0 Å². The Hall–Kier alpha value is -2.28. The molecule has 0 bridgehead atoms. The van der Waals surface area contributed by atoms with E-state index in [1.54, 1.807) is 6.20 Å². The lowest BCUT2D eigenvalue weighted by Crippen LogP contribution is -2.39. The third-order valence-electron chi connectivity index (χ3n) is 5.66. The number of aromatic nitrogens is 1. The number of hydrogen-bond donors (Lipinski definition) is 3. The van der Waals surface area contributed by atoms with Gasteiger partial charge in [0.15, 0.2) is 0 Å². The predicted molar refractivity (Wildman–Crippen MR) is 103 cm³/mol. The lowest BCUT2D eigenvalue weighted by molar-refractivity contribution is 0.0447. The van der Waals surface area contributed by atoms with Crippen LogP contribution in [0.2, 0.25) is 0 Å². The molecule has 1 aromatic heterocycles. The monoisotopic (exact) mass is 366 g/mol. The van der Waals surface area contributed by atoms with Crippen LogP contribution in [0.3, 0.4) is 0 Å². The number of carbonyl (C=O) groups excluding carboxylic acids is 1. The zero-order valence-electron chi connectivity index (χ0n) is 15.3. The Kier molecular flexibility index (Phi) is 5.48. The van der Waals surface area contributed by atoms with Crippen molar-refractivity contribution in [3.05, 3.63) is 65.5 Å². The summed E-state index contributed by atoms with van der Waals surface area (Å²) in [6, 6.07) is 13.8. The van der Waals surface area contributed by atoms with Gasteiger partial charge in [-0.15, -0.1) is 0 Å². The number of rotatable bonds is 4. The van der Waals surface area contributed by atoms with Crippen LogP contribution in [0.15, 0.2) is 48.7 Å². The van der Waals surface area contributed by atoms with Gasteiger partial charge in [0.05, 0.1) is 11.8 Å². The Morgan fingerprint density at radius 2 is 1.89 bits per heavy atom. The van der Waals surface area contributed by atoms with Crippen molar-refractivity contribution in [1.82, 2.24) is 20.7 Å². The molecule has 4 rings (SSSR count). The van der Waals surface area contributed by atoms with Crippen LogP contribution in [-0.2, 0) is 0 Å². The van der Waals surface area contributed by atoms with Gasteiger partial charge in [0.2, 0.25) is 0 Å². The third kappa shape index (κ3) is 4.03. The standard InChI is InChI=1S/C21H26N4O2/c26-20(19-3-1-2-11-22-19)16-9-13-25(14-10-16)21(27)17-6-4-15(5-7-17)18-8-12-23-24-18/h1-7,11,16,18,20,23-24,26H,8-10,12-14H2. The molecule has 0 radical (unpaired) electrons. The molecule has 2 atom stereocenters. The van der Waals surface area contributed by atoms with E-state index in [9.17, 15) is 9.90 Å². The van der Waals surface area contributed by atoms with E-state index in [-0.39, 0.29) is 11.8 Å². The smallest absolute Gasteiger partial charge is 0.253 e. The van der Waals surface area contributed by atoms with Crippen molar-refractivity contribution in [1.29, 1.82) is 0 Å². The van der Waals surface area contributed by atoms with Crippen LogP contribution in [0.1, 0.15) is 53.0 Å². The number of aliphatic hydroxyl groups is 1. The molecule has 3 heterocycles. The first-order valence-corrected chi connectivity index (χ1v) is 9.69.